The number of ketones is 1. The molecule has 0 bridgehead atoms. The first-order valence-corrected chi connectivity index (χ1v) is 12.1. The summed E-state index contributed by atoms with van der Waals surface area (Å²) in [4.78, 5) is 27.9. The van der Waals surface area contributed by atoms with Gasteiger partial charge in [-0.3, -0.25) is 9.59 Å². The van der Waals surface area contributed by atoms with E-state index in [1.54, 1.807) is 24.1 Å². The average molecular weight is 464 g/mol. The Morgan fingerprint density at radius 3 is 2.26 bits per heavy atom. The van der Waals surface area contributed by atoms with Gasteiger partial charge in [0.25, 0.3) is 11.7 Å². The van der Waals surface area contributed by atoms with Gasteiger partial charge in [-0.2, -0.15) is 0 Å². The van der Waals surface area contributed by atoms with E-state index in [4.69, 9.17) is 4.74 Å². The minimum Gasteiger partial charge on any atom is -0.507 e. The number of amides is 1. The van der Waals surface area contributed by atoms with E-state index in [9.17, 15) is 14.7 Å². The van der Waals surface area contributed by atoms with Crippen LogP contribution in [0.1, 0.15) is 88.6 Å². The molecule has 1 aliphatic rings. The topological polar surface area (TPSA) is 66.8 Å². The Hall–Kier alpha value is -3.08. The number of methoxy groups -OCH3 is 1. The molecule has 1 aliphatic heterocycles. The molecule has 1 fully saturated rings. The minimum atomic E-state index is -0.639. The number of hydrogen-bond acceptors (Lipinski definition) is 4. The fourth-order valence-electron chi connectivity index (χ4n) is 4.44. The Morgan fingerprint density at radius 2 is 1.74 bits per heavy atom. The molecule has 1 unspecified atom stereocenters. The van der Waals surface area contributed by atoms with Gasteiger partial charge < -0.3 is 14.7 Å². The normalized spacial score (nSPS) is 18.1. The number of nitrogens with zero attached hydrogens (tertiary/aromatic N) is 1. The van der Waals surface area contributed by atoms with Crippen LogP contribution in [0, 0.1) is 0 Å². The van der Waals surface area contributed by atoms with Gasteiger partial charge in [0.1, 0.15) is 11.5 Å². The molecule has 1 atom stereocenters. The first kappa shape index (κ1) is 25.5. The summed E-state index contributed by atoms with van der Waals surface area (Å²) in [6.45, 7) is 13.0. The third-order valence-electron chi connectivity index (χ3n) is 6.51. The lowest BCUT2D eigenvalue weighted by molar-refractivity contribution is -0.139. The largest absolute Gasteiger partial charge is 0.507 e. The highest BCUT2D eigenvalue weighted by Gasteiger charge is 2.45. The maximum absolute atomic E-state index is 13.2. The van der Waals surface area contributed by atoms with Crippen molar-refractivity contribution < 1.29 is 19.4 Å². The summed E-state index contributed by atoms with van der Waals surface area (Å²) in [5, 5.41) is 11.4. The maximum Gasteiger partial charge on any atom is 0.295 e. The highest BCUT2D eigenvalue weighted by atomic mass is 16.5. The number of unbranched alkanes of at least 4 members (excludes halogenated alkanes) is 1. The number of ether oxygens (including phenoxy) is 1. The van der Waals surface area contributed by atoms with Crippen molar-refractivity contribution in [3.63, 3.8) is 0 Å². The number of aliphatic hydroxyl groups is 1. The Labute approximate surface area is 203 Å². The number of Topliss-reactive ketones (excluding diaryl/α,β-unsaturated/α-hetero) is 1. The second kappa shape index (κ2) is 10.0. The van der Waals surface area contributed by atoms with Crippen LogP contribution in [0.3, 0.4) is 0 Å². The molecular weight excluding hydrogens is 426 g/mol. The van der Waals surface area contributed by atoms with E-state index in [1.807, 2.05) is 44.2 Å². The van der Waals surface area contributed by atoms with Crippen LogP contribution >= 0.6 is 0 Å². The van der Waals surface area contributed by atoms with Gasteiger partial charge in [-0.25, -0.2) is 0 Å². The molecule has 0 aliphatic carbocycles. The zero-order chi connectivity index (χ0) is 25.2. The van der Waals surface area contributed by atoms with Crippen LogP contribution in [0.5, 0.6) is 5.75 Å². The lowest BCUT2D eigenvalue weighted by Gasteiger charge is -2.26. The molecule has 3 rings (SSSR count). The number of aliphatic hydroxyl groups excluding tert-OH is 1. The molecule has 1 N–H and O–H groups in total. The number of carbonyl (C=O) groups is 2. The van der Waals surface area contributed by atoms with Crippen molar-refractivity contribution in [1.29, 1.82) is 0 Å². The molecule has 0 spiro atoms. The first-order chi connectivity index (χ1) is 16.0. The van der Waals surface area contributed by atoms with Gasteiger partial charge in [0, 0.05) is 12.1 Å². The summed E-state index contributed by atoms with van der Waals surface area (Å²) in [6.07, 6.45) is 1.68. The van der Waals surface area contributed by atoms with Crippen molar-refractivity contribution in [2.75, 3.05) is 13.7 Å². The molecule has 0 radical (unpaired) electrons. The minimum absolute atomic E-state index is 0.0150. The molecule has 182 valence electrons. The number of benzene rings is 2. The Morgan fingerprint density at radius 1 is 1.09 bits per heavy atom. The van der Waals surface area contributed by atoms with Gasteiger partial charge in [0.2, 0.25) is 0 Å². The highest BCUT2D eigenvalue weighted by Crippen LogP contribution is 2.41. The molecule has 0 saturated carbocycles. The Balaban J connectivity index is 2.18. The second-order valence-corrected chi connectivity index (χ2v) is 10.3. The number of hydrogen-bond donors (Lipinski definition) is 1. The van der Waals surface area contributed by atoms with Gasteiger partial charge >= 0.3 is 0 Å². The number of likely N-dealkylation sites (tertiary alicyclic amines) is 1. The van der Waals surface area contributed by atoms with E-state index in [-0.39, 0.29) is 22.7 Å². The van der Waals surface area contributed by atoms with E-state index in [0.29, 0.717) is 12.1 Å². The van der Waals surface area contributed by atoms with Crippen molar-refractivity contribution in [1.82, 2.24) is 4.90 Å². The molecule has 0 aromatic heterocycles. The number of rotatable bonds is 7. The third-order valence-corrected chi connectivity index (χ3v) is 6.51. The Bertz CT molecular complexity index is 1090. The molecule has 2 aromatic carbocycles. The fourth-order valence-corrected chi connectivity index (χ4v) is 4.44. The summed E-state index contributed by atoms with van der Waals surface area (Å²) >= 11 is 0. The predicted molar refractivity (Wildman–Crippen MR) is 136 cm³/mol. The van der Waals surface area contributed by atoms with Gasteiger partial charge in [0.15, 0.2) is 0 Å². The quantitative estimate of drug-likeness (QED) is 0.296. The molecule has 2 aromatic rings. The molecule has 1 amide bonds. The van der Waals surface area contributed by atoms with Crippen LogP contribution in [0.2, 0.25) is 0 Å². The van der Waals surface area contributed by atoms with Gasteiger partial charge in [-0.05, 0) is 52.6 Å². The second-order valence-electron chi connectivity index (χ2n) is 10.3. The van der Waals surface area contributed by atoms with Crippen LogP contribution < -0.4 is 4.74 Å². The summed E-state index contributed by atoms with van der Waals surface area (Å²) in [7, 11) is 1.61. The lowest BCUT2D eigenvalue weighted by atomic mass is 9.85. The van der Waals surface area contributed by atoms with Crippen molar-refractivity contribution >= 4 is 17.4 Å². The van der Waals surface area contributed by atoms with E-state index >= 15 is 0 Å². The van der Waals surface area contributed by atoms with E-state index in [1.165, 1.54) is 5.56 Å². The zero-order valence-corrected chi connectivity index (χ0v) is 21.4. The molecule has 1 heterocycles. The fraction of sp³-hybridized carbons (Fsp3) is 0.448. The van der Waals surface area contributed by atoms with Gasteiger partial charge in [0.05, 0.1) is 18.7 Å². The highest BCUT2D eigenvalue weighted by molar-refractivity contribution is 6.46. The van der Waals surface area contributed by atoms with Crippen molar-refractivity contribution in [3.8, 4) is 5.75 Å². The van der Waals surface area contributed by atoms with Crippen LogP contribution in [-0.2, 0) is 15.0 Å². The molecule has 34 heavy (non-hydrogen) atoms. The zero-order valence-electron chi connectivity index (χ0n) is 21.4. The first-order valence-electron chi connectivity index (χ1n) is 12.1. The molecular formula is C29H37NO4. The van der Waals surface area contributed by atoms with Crippen molar-refractivity contribution in [3.05, 3.63) is 70.3 Å². The summed E-state index contributed by atoms with van der Waals surface area (Å²) in [5.41, 5.74) is 3.55. The standard InChI is InChI=1S/C29H37NO4/c1-8-9-16-30-25(19-10-13-21(14-11-19)29(4,5)6)24(27(32)28(30)33)26(31)20-12-15-23(34-7)22(17-20)18(2)3/h10-15,17-18,25,31H,8-9,16H2,1-7H3/b26-24-. The lowest BCUT2D eigenvalue weighted by Crippen LogP contribution is -2.30. The molecule has 5 nitrogen and oxygen atoms in total. The Kier molecular flexibility index (Phi) is 7.54. The van der Waals surface area contributed by atoms with Crippen molar-refractivity contribution in [2.45, 2.75) is 71.8 Å². The average Bonchev–Trinajstić information content (AvgIpc) is 3.06. The maximum atomic E-state index is 13.2. The molecule has 5 heteroatoms. The number of carbonyl (C=O) groups excluding carboxylic acids is 2. The van der Waals surface area contributed by atoms with Crippen LogP contribution in [-0.4, -0.2) is 35.4 Å². The van der Waals surface area contributed by atoms with Crippen LogP contribution in [0.25, 0.3) is 5.76 Å². The van der Waals surface area contributed by atoms with Crippen LogP contribution in [0.4, 0.5) is 0 Å². The monoisotopic (exact) mass is 463 g/mol. The smallest absolute Gasteiger partial charge is 0.295 e. The third kappa shape index (κ3) is 4.89. The van der Waals surface area contributed by atoms with Gasteiger partial charge in [-0.1, -0.05) is 72.2 Å². The summed E-state index contributed by atoms with van der Waals surface area (Å²) in [5.74, 6) is -0.454. The van der Waals surface area contributed by atoms with Gasteiger partial charge in [-0.15, -0.1) is 0 Å². The van der Waals surface area contributed by atoms with E-state index in [0.717, 1.165) is 29.7 Å². The predicted octanol–water partition coefficient (Wildman–Crippen LogP) is 6.34. The summed E-state index contributed by atoms with van der Waals surface area (Å²) in [6, 6.07) is 12.8. The summed E-state index contributed by atoms with van der Waals surface area (Å²) < 4.78 is 5.47. The van der Waals surface area contributed by atoms with Crippen LogP contribution in [0.15, 0.2) is 48.0 Å². The SMILES string of the molecule is CCCCN1C(=O)C(=O)/C(=C(\O)c2ccc(OC)c(C(C)C)c2)C1c1ccc(C(C)(C)C)cc1. The van der Waals surface area contributed by atoms with E-state index < -0.39 is 17.7 Å². The molecule has 1 saturated heterocycles. The van der Waals surface area contributed by atoms with E-state index in [2.05, 4.69) is 27.7 Å². The van der Waals surface area contributed by atoms with Crippen molar-refractivity contribution in [2.24, 2.45) is 0 Å².